The summed E-state index contributed by atoms with van der Waals surface area (Å²) >= 11 is 5.89. The highest BCUT2D eigenvalue weighted by Crippen LogP contribution is 2.40. The van der Waals surface area contributed by atoms with Crippen LogP contribution in [0.2, 0.25) is 5.02 Å². The van der Waals surface area contributed by atoms with E-state index in [0.29, 0.717) is 5.75 Å². The number of amides is 1. The topological polar surface area (TPSA) is 116 Å². The van der Waals surface area contributed by atoms with Gasteiger partial charge in [-0.3, -0.25) is 14.9 Å². The van der Waals surface area contributed by atoms with Crippen LogP contribution in [-0.2, 0) is 14.8 Å². The van der Waals surface area contributed by atoms with Gasteiger partial charge in [-0.05, 0) is 24.3 Å². The summed E-state index contributed by atoms with van der Waals surface area (Å²) in [5.74, 6) is -0.759. The molecule has 0 radical (unpaired) electrons. The molecular formula is C14H11ClN2O6S. The number of nitrogens with one attached hydrogen (secondary N) is 1. The van der Waals surface area contributed by atoms with E-state index in [1.54, 1.807) is 35.1 Å². The second-order valence-electron chi connectivity index (χ2n) is 4.56. The number of sulfonamides is 1. The summed E-state index contributed by atoms with van der Waals surface area (Å²) < 4.78 is 31.1. The van der Waals surface area contributed by atoms with E-state index in [2.05, 4.69) is 0 Å². The quantitative estimate of drug-likeness (QED) is 0.639. The lowest BCUT2D eigenvalue weighted by Gasteiger charge is -2.11. The van der Waals surface area contributed by atoms with Crippen molar-refractivity contribution in [1.82, 2.24) is 4.72 Å². The van der Waals surface area contributed by atoms with Gasteiger partial charge >= 0.3 is 5.69 Å². The second-order valence-corrected chi connectivity index (χ2v) is 6.59. The van der Waals surface area contributed by atoms with E-state index in [1.807, 2.05) is 0 Å². The summed E-state index contributed by atoms with van der Waals surface area (Å²) in [6.45, 7) is 0.993. The van der Waals surface area contributed by atoms with E-state index in [1.165, 1.54) is 0 Å². The number of hydrogen-bond acceptors (Lipinski definition) is 6. The number of carbonyl (C=O) groups excluding carboxylic acids is 1. The molecule has 0 fully saturated rings. The number of ether oxygens (including phenoxy) is 1. The molecule has 0 heterocycles. The van der Waals surface area contributed by atoms with Crippen LogP contribution in [0.5, 0.6) is 11.5 Å². The van der Waals surface area contributed by atoms with Crippen molar-refractivity contribution in [3.63, 3.8) is 0 Å². The minimum absolute atomic E-state index is 0.224. The number of para-hydroxylation sites is 1. The summed E-state index contributed by atoms with van der Waals surface area (Å²) in [5.41, 5.74) is -0.716. The number of benzene rings is 2. The summed E-state index contributed by atoms with van der Waals surface area (Å²) in [5, 5.41) is 10.6. The molecule has 0 bridgehead atoms. The molecule has 2 aromatic rings. The Morgan fingerprint density at radius 2 is 1.83 bits per heavy atom. The van der Waals surface area contributed by atoms with Crippen molar-refractivity contribution in [1.29, 1.82) is 0 Å². The molecule has 0 saturated heterocycles. The van der Waals surface area contributed by atoms with Crippen LogP contribution in [0.25, 0.3) is 0 Å². The molecule has 0 aliphatic rings. The van der Waals surface area contributed by atoms with Crippen LogP contribution in [0.3, 0.4) is 0 Å². The van der Waals surface area contributed by atoms with Crippen LogP contribution in [-0.4, -0.2) is 19.2 Å². The number of nitro groups is 1. The van der Waals surface area contributed by atoms with Crippen molar-refractivity contribution >= 4 is 33.2 Å². The fourth-order valence-corrected chi connectivity index (χ4v) is 3.45. The molecular weight excluding hydrogens is 360 g/mol. The number of hydrogen-bond donors (Lipinski definition) is 1. The molecule has 0 aliphatic heterocycles. The monoisotopic (exact) mass is 370 g/mol. The first-order valence-corrected chi connectivity index (χ1v) is 8.31. The molecule has 0 aromatic heterocycles. The third-order valence-corrected chi connectivity index (χ3v) is 4.73. The third kappa shape index (κ3) is 3.81. The maximum atomic E-state index is 12.0. The minimum atomic E-state index is -4.33. The van der Waals surface area contributed by atoms with Crippen LogP contribution in [0, 0.1) is 10.1 Å². The molecule has 126 valence electrons. The maximum absolute atomic E-state index is 12.0. The van der Waals surface area contributed by atoms with Gasteiger partial charge in [-0.2, -0.15) is 0 Å². The van der Waals surface area contributed by atoms with Crippen LogP contribution in [0.4, 0.5) is 5.69 Å². The van der Waals surface area contributed by atoms with E-state index in [-0.39, 0.29) is 5.75 Å². The van der Waals surface area contributed by atoms with E-state index >= 15 is 0 Å². The number of nitrogens with zero attached hydrogens (tertiary/aromatic N) is 1. The Balaban J connectivity index is 2.55. The summed E-state index contributed by atoms with van der Waals surface area (Å²) in [6.07, 6.45) is 0. The van der Waals surface area contributed by atoms with E-state index < -0.39 is 36.5 Å². The maximum Gasteiger partial charge on any atom is 0.331 e. The minimum Gasteiger partial charge on any atom is -0.450 e. The average molecular weight is 371 g/mol. The van der Waals surface area contributed by atoms with Crippen LogP contribution < -0.4 is 9.46 Å². The Morgan fingerprint density at radius 3 is 2.38 bits per heavy atom. The highest BCUT2D eigenvalue weighted by molar-refractivity contribution is 7.90. The highest BCUT2D eigenvalue weighted by Gasteiger charge is 2.30. The van der Waals surface area contributed by atoms with Crippen molar-refractivity contribution in [3.8, 4) is 11.5 Å². The van der Waals surface area contributed by atoms with Crippen molar-refractivity contribution in [3.05, 3.63) is 57.6 Å². The molecule has 8 nitrogen and oxygen atoms in total. The molecule has 1 amide bonds. The van der Waals surface area contributed by atoms with Crippen molar-refractivity contribution in [2.75, 3.05) is 0 Å². The smallest absolute Gasteiger partial charge is 0.331 e. The predicted octanol–water partition coefficient (Wildman–Crippen LogP) is 2.87. The SMILES string of the molecule is CC(=O)NS(=O)(=O)c1ccc(Oc2ccccc2)c([N+](=O)[O-])c1Cl. The van der Waals surface area contributed by atoms with Gasteiger partial charge in [0.2, 0.25) is 11.7 Å². The van der Waals surface area contributed by atoms with Crippen LogP contribution in [0.1, 0.15) is 6.92 Å². The van der Waals surface area contributed by atoms with Gasteiger partial charge in [-0.25, -0.2) is 13.1 Å². The predicted molar refractivity (Wildman–Crippen MR) is 85.6 cm³/mol. The van der Waals surface area contributed by atoms with E-state index in [4.69, 9.17) is 16.3 Å². The second kappa shape index (κ2) is 6.85. The van der Waals surface area contributed by atoms with Gasteiger partial charge in [0.15, 0.2) is 0 Å². The van der Waals surface area contributed by atoms with E-state index in [0.717, 1.165) is 19.1 Å². The van der Waals surface area contributed by atoms with Gasteiger partial charge in [0.25, 0.3) is 10.0 Å². The molecule has 0 saturated carbocycles. The number of nitro benzene ring substituents is 1. The zero-order valence-electron chi connectivity index (χ0n) is 12.2. The Kier molecular flexibility index (Phi) is 5.05. The Bertz CT molecular complexity index is 899. The fraction of sp³-hybridized carbons (Fsp3) is 0.0714. The molecule has 0 aliphatic carbocycles. The lowest BCUT2D eigenvalue weighted by molar-refractivity contribution is -0.385. The Hall–Kier alpha value is -2.65. The van der Waals surface area contributed by atoms with Gasteiger partial charge in [-0.15, -0.1) is 0 Å². The molecule has 0 spiro atoms. The molecule has 0 unspecified atom stereocenters. The van der Waals surface area contributed by atoms with Crippen LogP contribution in [0.15, 0.2) is 47.4 Å². The van der Waals surface area contributed by atoms with Crippen molar-refractivity contribution in [2.45, 2.75) is 11.8 Å². The fourth-order valence-electron chi connectivity index (χ4n) is 1.85. The Morgan fingerprint density at radius 1 is 1.21 bits per heavy atom. The van der Waals surface area contributed by atoms with Gasteiger partial charge in [0, 0.05) is 6.92 Å². The summed E-state index contributed by atoms with van der Waals surface area (Å²) in [4.78, 5) is 20.8. The normalized spacial score (nSPS) is 10.9. The summed E-state index contributed by atoms with van der Waals surface area (Å²) in [7, 11) is -4.33. The molecule has 2 aromatic carbocycles. The standard InChI is InChI=1S/C14H11ClN2O6S/c1-9(18)16-24(21,22)12-8-7-11(14(13(12)15)17(19)20)23-10-5-3-2-4-6-10/h2-8H,1H3,(H,16,18). The summed E-state index contributed by atoms with van der Waals surface area (Å²) in [6, 6.07) is 10.3. The third-order valence-electron chi connectivity index (χ3n) is 2.76. The highest BCUT2D eigenvalue weighted by atomic mass is 35.5. The largest absolute Gasteiger partial charge is 0.450 e. The lowest BCUT2D eigenvalue weighted by Crippen LogP contribution is -2.28. The van der Waals surface area contributed by atoms with Gasteiger partial charge in [0.1, 0.15) is 15.7 Å². The van der Waals surface area contributed by atoms with Gasteiger partial charge in [-0.1, -0.05) is 29.8 Å². The number of carbonyl (C=O) groups is 1. The van der Waals surface area contributed by atoms with Crippen molar-refractivity contribution in [2.24, 2.45) is 0 Å². The lowest BCUT2D eigenvalue weighted by atomic mass is 10.3. The zero-order valence-corrected chi connectivity index (χ0v) is 13.8. The first-order valence-electron chi connectivity index (χ1n) is 6.45. The Labute approximate surface area is 142 Å². The van der Waals surface area contributed by atoms with Crippen LogP contribution >= 0.6 is 11.6 Å². The number of halogens is 1. The molecule has 0 atom stereocenters. The van der Waals surface area contributed by atoms with E-state index in [9.17, 15) is 23.3 Å². The first-order chi connectivity index (χ1) is 11.2. The molecule has 24 heavy (non-hydrogen) atoms. The number of rotatable bonds is 5. The zero-order chi connectivity index (χ0) is 17.9. The molecule has 1 N–H and O–H groups in total. The molecule has 2 rings (SSSR count). The molecule has 10 heteroatoms. The van der Waals surface area contributed by atoms with Crippen molar-refractivity contribution < 1.29 is 22.9 Å². The van der Waals surface area contributed by atoms with Gasteiger partial charge in [0.05, 0.1) is 4.92 Å². The average Bonchev–Trinajstić information content (AvgIpc) is 2.46. The first kappa shape index (κ1) is 17.7. The van der Waals surface area contributed by atoms with Gasteiger partial charge < -0.3 is 4.74 Å².